The van der Waals surface area contributed by atoms with Crippen LogP contribution in [0.3, 0.4) is 0 Å². The fourth-order valence-electron chi connectivity index (χ4n) is 1.63. The first-order valence-corrected chi connectivity index (χ1v) is 7.51. The van der Waals surface area contributed by atoms with Gasteiger partial charge in [0.25, 0.3) is 5.91 Å². The standard InChI is InChI=1S/C16H25ClN2O2/c1-6-19(5)15(20)11-21-14-9-7-8-13(17)12(14)10-18-16(2,3)4/h7-9,18H,6,10-11H2,1-5H3. The van der Waals surface area contributed by atoms with Gasteiger partial charge in [0.2, 0.25) is 0 Å². The van der Waals surface area contributed by atoms with Crippen molar-refractivity contribution in [1.82, 2.24) is 10.2 Å². The van der Waals surface area contributed by atoms with Gasteiger partial charge in [0.15, 0.2) is 6.61 Å². The third-order valence-electron chi connectivity index (χ3n) is 3.12. The van der Waals surface area contributed by atoms with Gasteiger partial charge in [-0.25, -0.2) is 0 Å². The molecule has 0 spiro atoms. The van der Waals surface area contributed by atoms with Crippen LogP contribution in [0.15, 0.2) is 18.2 Å². The number of hydrogen-bond acceptors (Lipinski definition) is 3. The largest absolute Gasteiger partial charge is 0.483 e. The number of benzene rings is 1. The molecule has 1 rings (SSSR count). The highest BCUT2D eigenvalue weighted by molar-refractivity contribution is 6.31. The van der Waals surface area contributed by atoms with E-state index in [0.717, 1.165) is 5.56 Å². The third kappa shape index (κ3) is 5.94. The highest BCUT2D eigenvalue weighted by Crippen LogP contribution is 2.27. The molecule has 1 N–H and O–H groups in total. The fourth-order valence-corrected chi connectivity index (χ4v) is 1.86. The first-order chi connectivity index (χ1) is 9.74. The van der Waals surface area contributed by atoms with Gasteiger partial charge in [0, 0.05) is 36.3 Å². The molecule has 0 fully saturated rings. The van der Waals surface area contributed by atoms with Crippen LogP contribution in [-0.4, -0.2) is 36.5 Å². The van der Waals surface area contributed by atoms with E-state index in [-0.39, 0.29) is 18.1 Å². The molecular formula is C16H25ClN2O2. The van der Waals surface area contributed by atoms with Crippen molar-refractivity contribution in [1.29, 1.82) is 0 Å². The lowest BCUT2D eigenvalue weighted by atomic mass is 10.1. The molecule has 1 aromatic carbocycles. The molecule has 4 nitrogen and oxygen atoms in total. The van der Waals surface area contributed by atoms with E-state index in [1.54, 1.807) is 11.9 Å². The second-order valence-corrected chi connectivity index (χ2v) is 6.42. The van der Waals surface area contributed by atoms with Gasteiger partial charge in [0.1, 0.15) is 5.75 Å². The zero-order chi connectivity index (χ0) is 16.0. The number of amides is 1. The summed E-state index contributed by atoms with van der Waals surface area (Å²) in [7, 11) is 1.76. The Morgan fingerprint density at radius 3 is 2.62 bits per heavy atom. The van der Waals surface area contributed by atoms with Crippen LogP contribution in [0.4, 0.5) is 0 Å². The Labute approximate surface area is 132 Å². The van der Waals surface area contributed by atoms with E-state index in [9.17, 15) is 4.79 Å². The lowest BCUT2D eigenvalue weighted by Gasteiger charge is -2.22. The summed E-state index contributed by atoms with van der Waals surface area (Å²) in [6.45, 7) is 9.47. The van der Waals surface area contributed by atoms with Crippen LogP contribution in [-0.2, 0) is 11.3 Å². The van der Waals surface area contributed by atoms with E-state index < -0.39 is 0 Å². The molecule has 0 radical (unpaired) electrons. The Hall–Kier alpha value is -1.26. The van der Waals surface area contributed by atoms with Crippen molar-refractivity contribution in [3.05, 3.63) is 28.8 Å². The van der Waals surface area contributed by atoms with Gasteiger partial charge in [-0.05, 0) is 39.8 Å². The molecule has 1 amide bonds. The summed E-state index contributed by atoms with van der Waals surface area (Å²) in [6, 6.07) is 5.49. The normalized spacial score (nSPS) is 11.3. The lowest BCUT2D eigenvalue weighted by Crippen LogP contribution is -2.35. The van der Waals surface area contributed by atoms with Gasteiger partial charge >= 0.3 is 0 Å². The second kappa shape index (κ2) is 7.66. The van der Waals surface area contributed by atoms with Gasteiger partial charge in [0.05, 0.1) is 0 Å². The van der Waals surface area contributed by atoms with Crippen molar-refractivity contribution in [2.75, 3.05) is 20.2 Å². The third-order valence-corrected chi connectivity index (χ3v) is 3.48. The predicted octanol–water partition coefficient (Wildman–Crippen LogP) is 3.09. The summed E-state index contributed by atoms with van der Waals surface area (Å²) >= 11 is 6.25. The summed E-state index contributed by atoms with van der Waals surface area (Å²) in [6.07, 6.45) is 0. The molecule has 0 aliphatic heterocycles. The molecule has 0 unspecified atom stereocenters. The minimum atomic E-state index is -0.0489. The number of carbonyl (C=O) groups excluding carboxylic acids is 1. The van der Waals surface area contributed by atoms with Gasteiger partial charge in [-0.3, -0.25) is 4.79 Å². The number of halogens is 1. The minimum absolute atomic E-state index is 0.0192. The predicted molar refractivity (Wildman–Crippen MR) is 86.9 cm³/mol. The lowest BCUT2D eigenvalue weighted by molar-refractivity contribution is -0.131. The topological polar surface area (TPSA) is 41.6 Å². The molecule has 0 saturated heterocycles. The quantitative estimate of drug-likeness (QED) is 0.877. The molecule has 0 heterocycles. The van der Waals surface area contributed by atoms with E-state index in [4.69, 9.17) is 16.3 Å². The smallest absolute Gasteiger partial charge is 0.260 e. The van der Waals surface area contributed by atoms with Crippen LogP contribution in [0.1, 0.15) is 33.3 Å². The monoisotopic (exact) mass is 312 g/mol. The van der Waals surface area contributed by atoms with Gasteiger partial charge in [-0.1, -0.05) is 17.7 Å². The number of likely N-dealkylation sites (N-methyl/N-ethyl adjacent to an activating group) is 1. The van der Waals surface area contributed by atoms with Crippen molar-refractivity contribution in [3.8, 4) is 5.75 Å². The van der Waals surface area contributed by atoms with E-state index in [0.29, 0.717) is 23.9 Å². The molecule has 21 heavy (non-hydrogen) atoms. The molecule has 0 aromatic heterocycles. The molecule has 1 aromatic rings. The number of nitrogens with zero attached hydrogens (tertiary/aromatic N) is 1. The maximum absolute atomic E-state index is 11.8. The van der Waals surface area contributed by atoms with E-state index in [1.807, 2.05) is 25.1 Å². The highest BCUT2D eigenvalue weighted by Gasteiger charge is 2.15. The number of carbonyl (C=O) groups is 1. The molecular weight excluding hydrogens is 288 g/mol. The summed E-state index contributed by atoms with van der Waals surface area (Å²) < 4.78 is 5.65. The van der Waals surface area contributed by atoms with Gasteiger partial charge in [-0.15, -0.1) is 0 Å². The first-order valence-electron chi connectivity index (χ1n) is 7.13. The van der Waals surface area contributed by atoms with Gasteiger partial charge in [-0.2, -0.15) is 0 Å². The average Bonchev–Trinajstić information content (AvgIpc) is 2.41. The summed E-state index contributed by atoms with van der Waals surface area (Å²) in [5.74, 6) is 0.601. The zero-order valence-electron chi connectivity index (χ0n) is 13.5. The highest BCUT2D eigenvalue weighted by atomic mass is 35.5. The molecule has 118 valence electrons. The summed E-state index contributed by atoms with van der Waals surface area (Å²) in [5, 5.41) is 4.02. The van der Waals surface area contributed by atoms with Crippen molar-refractivity contribution >= 4 is 17.5 Å². The molecule has 0 aliphatic carbocycles. The second-order valence-electron chi connectivity index (χ2n) is 6.02. The minimum Gasteiger partial charge on any atom is -0.483 e. The van der Waals surface area contributed by atoms with Crippen LogP contribution in [0.25, 0.3) is 0 Å². The van der Waals surface area contributed by atoms with Crippen molar-refractivity contribution < 1.29 is 9.53 Å². The summed E-state index contributed by atoms with van der Waals surface area (Å²) in [4.78, 5) is 13.4. The number of nitrogens with one attached hydrogen (secondary N) is 1. The van der Waals surface area contributed by atoms with Crippen molar-refractivity contribution in [2.45, 2.75) is 39.8 Å². The maximum atomic E-state index is 11.8. The van der Waals surface area contributed by atoms with E-state index >= 15 is 0 Å². The molecule has 0 aliphatic rings. The van der Waals surface area contributed by atoms with E-state index in [2.05, 4.69) is 26.1 Å². The maximum Gasteiger partial charge on any atom is 0.260 e. The Morgan fingerprint density at radius 1 is 1.38 bits per heavy atom. The van der Waals surface area contributed by atoms with Crippen molar-refractivity contribution in [3.63, 3.8) is 0 Å². The van der Waals surface area contributed by atoms with Crippen LogP contribution in [0.2, 0.25) is 5.02 Å². The molecule has 0 atom stereocenters. The van der Waals surface area contributed by atoms with E-state index in [1.165, 1.54) is 0 Å². The van der Waals surface area contributed by atoms with Crippen LogP contribution >= 0.6 is 11.6 Å². The number of ether oxygens (including phenoxy) is 1. The summed E-state index contributed by atoms with van der Waals surface area (Å²) in [5.41, 5.74) is 0.857. The fraction of sp³-hybridized carbons (Fsp3) is 0.562. The Balaban J connectivity index is 2.78. The molecule has 0 bridgehead atoms. The first kappa shape index (κ1) is 17.8. The Bertz CT molecular complexity index is 484. The number of rotatable bonds is 6. The number of hydrogen-bond donors (Lipinski definition) is 1. The zero-order valence-corrected chi connectivity index (χ0v) is 14.3. The van der Waals surface area contributed by atoms with Crippen LogP contribution in [0, 0.1) is 0 Å². The SMILES string of the molecule is CCN(C)C(=O)COc1cccc(Cl)c1CNC(C)(C)C. The van der Waals surface area contributed by atoms with Crippen molar-refractivity contribution in [2.24, 2.45) is 0 Å². The van der Waals surface area contributed by atoms with Gasteiger partial charge < -0.3 is 15.0 Å². The van der Waals surface area contributed by atoms with Crippen LogP contribution < -0.4 is 10.1 Å². The Morgan fingerprint density at radius 2 is 2.05 bits per heavy atom. The average molecular weight is 313 g/mol. The Kier molecular flexibility index (Phi) is 6.49. The molecule has 0 saturated carbocycles. The molecule has 5 heteroatoms. The van der Waals surface area contributed by atoms with Crippen LogP contribution in [0.5, 0.6) is 5.75 Å².